The van der Waals surface area contributed by atoms with Crippen LogP contribution in [0.2, 0.25) is 5.02 Å². The fourth-order valence-electron chi connectivity index (χ4n) is 1.28. The Morgan fingerprint density at radius 2 is 1.68 bits per heavy atom. The van der Waals surface area contributed by atoms with Crippen molar-refractivity contribution < 1.29 is 22.9 Å². The molecule has 100 valence electrons. The fraction of sp³-hybridized carbons (Fsp3) is 0. The number of rotatable bonds is 4. The number of hydrogen-bond acceptors (Lipinski definition) is 4. The minimum absolute atomic E-state index is 0.0269. The van der Waals surface area contributed by atoms with Crippen LogP contribution in [0.4, 0.5) is 4.39 Å². The maximum atomic E-state index is 13.3. The van der Waals surface area contributed by atoms with Gasteiger partial charge in [0.1, 0.15) is 5.75 Å². The summed E-state index contributed by atoms with van der Waals surface area (Å²) in [6.45, 7) is 0. The van der Waals surface area contributed by atoms with Crippen LogP contribution in [0.3, 0.4) is 0 Å². The Morgan fingerprint density at radius 3 is 2.32 bits per heavy atom. The predicted molar refractivity (Wildman–Crippen MR) is 66.7 cm³/mol. The molecule has 4 nitrogen and oxygen atoms in total. The smallest absolute Gasteiger partial charge is 0.372 e. The number of para-hydroxylation sites is 1. The number of hydrogen-bond donors (Lipinski definition) is 0. The highest BCUT2D eigenvalue weighted by molar-refractivity contribution is 7.46. The second-order valence-electron chi connectivity index (χ2n) is 3.51. The van der Waals surface area contributed by atoms with Crippen molar-refractivity contribution in [2.24, 2.45) is 0 Å². The third-order valence-electron chi connectivity index (χ3n) is 2.08. The van der Waals surface area contributed by atoms with Gasteiger partial charge in [0.2, 0.25) is 0 Å². The van der Waals surface area contributed by atoms with Crippen LogP contribution in [-0.2, 0) is 4.57 Å². The first-order valence-electron chi connectivity index (χ1n) is 5.17. The summed E-state index contributed by atoms with van der Waals surface area (Å²) in [5.74, 6) is -1.19. The van der Waals surface area contributed by atoms with Crippen molar-refractivity contribution in [1.29, 1.82) is 0 Å². The molecule has 2 aromatic carbocycles. The molecular formula is C12H8ClFO4P-. The molecule has 2 rings (SSSR count). The Hall–Kier alpha value is -1.55. The Bertz CT molecular complexity index is 617. The maximum Gasteiger partial charge on any atom is 0.372 e. The van der Waals surface area contributed by atoms with Crippen LogP contribution in [0.1, 0.15) is 0 Å². The zero-order valence-corrected chi connectivity index (χ0v) is 11.1. The molecule has 0 fully saturated rings. The van der Waals surface area contributed by atoms with Gasteiger partial charge in [-0.2, -0.15) is 0 Å². The molecule has 0 amide bonds. The molecule has 0 saturated heterocycles. The summed E-state index contributed by atoms with van der Waals surface area (Å²) in [7, 11) is -4.71. The summed E-state index contributed by atoms with van der Waals surface area (Å²) in [6.07, 6.45) is 0. The zero-order valence-electron chi connectivity index (χ0n) is 9.45. The summed E-state index contributed by atoms with van der Waals surface area (Å²) in [5.41, 5.74) is 0. The summed E-state index contributed by atoms with van der Waals surface area (Å²) >= 11 is 5.65. The summed E-state index contributed by atoms with van der Waals surface area (Å²) in [6, 6.07) is 10.8. The van der Waals surface area contributed by atoms with Gasteiger partial charge < -0.3 is 13.9 Å². The van der Waals surface area contributed by atoms with Crippen molar-refractivity contribution in [3.05, 3.63) is 59.4 Å². The Kier molecular flexibility index (Phi) is 4.10. The van der Waals surface area contributed by atoms with Crippen LogP contribution in [0, 0.1) is 5.82 Å². The van der Waals surface area contributed by atoms with Crippen molar-refractivity contribution in [2.75, 3.05) is 0 Å². The van der Waals surface area contributed by atoms with Crippen molar-refractivity contribution in [3.8, 4) is 11.5 Å². The van der Waals surface area contributed by atoms with Crippen LogP contribution in [-0.4, -0.2) is 0 Å². The highest BCUT2D eigenvalue weighted by Crippen LogP contribution is 2.41. The fourth-order valence-corrected chi connectivity index (χ4v) is 2.21. The monoisotopic (exact) mass is 301 g/mol. The lowest BCUT2D eigenvalue weighted by molar-refractivity contribution is -0.208. The molecule has 1 atom stereocenters. The molecule has 7 heteroatoms. The van der Waals surface area contributed by atoms with E-state index in [0.29, 0.717) is 5.02 Å². The molecule has 0 aliphatic rings. The Labute approximate surface area is 114 Å². The van der Waals surface area contributed by atoms with Gasteiger partial charge in [-0.25, -0.2) is 8.96 Å². The first kappa shape index (κ1) is 13.9. The second kappa shape index (κ2) is 5.61. The lowest BCUT2D eigenvalue weighted by Gasteiger charge is -2.23. The van der Waals surface area contributed by atoms with Crippen molar-refractivity contribution >= 4 is 19.4 Å². The van der Waals surface area contributed by atoms with Gasteiger partial charge in [-0.05, 0) is 36.4 Å². The van der Waals surface area contributed by atoms with Crippen LogP contribution in [0.15, 0.2) is 48.5 Å². The predicted octanol–water partition coefficient (Wildman–Crippen LogP) is 3.41. The van der Waals surface area contributed by atoms with Gasteiger partial charge in [-0.15, -0.1) is 0 Å². The molecule has 0 aliphatic heterocycles. The summed E-state index contributed by atoms with van der Waals surface area (Å²) < 4.78 is 34.0. The van der Waals surface area contributed by atoms with Gasteiger partial charge in [0.05, 0.1) is 0 Å². The number of phosphoric ester groups is 1. The van der Waals surface area contributed by atoms with E-state index in [1.807, 2.05) is 0 Å². The number of benzene rings is 2. The molecule has 0 spiro atoms. The van der Waals surface area contributed by atoms with E-state index in [4.69, 9.17) is 11.6 Å². The molecule has 2 aromatic rings. The average Bonchev–Trinajstić information content (AvgIpc) is 2.35. The van der Waals surface area contributed by atoms with Crippen molar-refractivity contribution in [3.63, 3.8) is 0 Å². The third kappa shape index (κ3) is 3.96. The summed E-state index contributed by atoms with van der Waals surface area (Å²) in [4.78, 5) is 11.6. The van der Waals surface area contributed by atoms with Gasteiger partial charge in [0, 0.05) is 5.02 Å². The molecule has 0 heterocycles. The quantitative estimate of drug-likeness (QED) is 0.812. The van der Waals surface area contributed by atoms with Crippen molar-refractivity contribution in [1.82, 2.24) is 0 Å². The highest BCUT2D eigenvalue weighted by Gasteiger charge is 2.15. The van der Waals surface area contributed by atoms with Gasteiger partial charge in [0.15, 0.2) is 11.6 Å². The third-order valence-corrected chi connectivity index (χ3v) is 3.18. The molecule has 0 bridgehead atoms. The molecule has 0 saturated carbocycles. The molecule has 1 unspecified atom stereocenters. The van der Waals surface area contributed by atoms with E-state index in [2.05, 4.69) is 9.05 Å². The normalized spacial score (nSPS) is 13.6. The molecule has 0 radical (unpaired) electrons. The minimum Gasteiger partial charge on any atom is -0.736 e. The van der Waals surface area contributed by atoms with E-state index in [0.717, 1.165) is 6.07 Å². The lowest BCUT2D eigenvalue weighted by atomic mass is 10.3. The molecule has 0 aromatic heterocycles. The molecule has 0 aliphatic carbocycles. The lowest BCUT2D eigenvalue weighted by Crippen LogP contribution is -2.13. The number of halogens is 2. The van der Waals surface area contributed by atoms with Crippen LogP contribution in [0.5, 0.6) is 11.5 Å². The molecular weight excluding hydrogens is 294 g/mol. The zero-order chi connectivity index (χ0) is 13.9. The van der Waals surface area contributed by atoms with Crippen LogP contribution >= 0.6 is 19.4 Å². The van der Waals surface area contributed by atoms with Gasteiger partial charge in [-0.3, -0.25) is 0 Å². The van der Waals surface area contributed by atoms with Crippen molar-refractivity contribution in [2.45, 2.75) is 0 Å². The van der Waals surface area contributed by atoms with E-state index in [1.165, 1.54) is 42.5 Å². The van der Waals surface area contributed by atoms with Gasteiger partial charge in [0.25, 0.3) is 0 Å². The standard InChI is InChI=1S/C12H9ClFO4P/c13-9-5-7-10(8-6-9)17-19(15,16)18-12-4-2-1-3-11(12)14/h1-8H,(H,15,16)/p-1. The molecule has 0 N–H and O–H groups in total. The number of phosphoric acid groups is 1. The first-order chi connectivity index (χ1) is 8.96. The first-order valence-corrected chi connectivity index (χ1v) is 7.00. The van der Waals surface area contributed by atoms with E-state index in [-0.39, 0.29) is 5.75 Å². The second-order valence-corrected chi connectivity index (χ2v) is 5.21. The van der Waals surface area contributed by atoms with E-state index >= 15 is 0 Å². The largest absolute Gasteiger partial charge is 0.736 e. The average molecular weight is 302 g/mol. The van der Waals surface area contributed by atoms with E-state index < -0.39 is 19.4 Å². The molecule has 19 heavy (non-hydrogen) atoms. The topological polar surface area (TPSA) is 58.6 Å². The van der Waals surface area contributed by atoms with E-state index in [1.54, 1.807) is 0 Å². The maximum absolute atomic E-state index is 13.3. The van der Waals surface area contributed by atoms with E-state index in [9.17, 15) is 13.8 Å². The summed E-state index contributed by atoms with van der Waals surface area (Å²) in [5, 5.41) is 0.433. The van der Waals surface area contributed by atoms with Gasteiger partial charge in [-0.1, -0.05) is 23.7 Å². The van der Waals surface area contributed by atoms with Crippen LogP contribution < -0.4 is 13.9 Å². The minimum atomic E-state index is -4.71. The SMILES string of the molecule is O=P([O-])(Oc1ccc(Cl)cc1)Oc1ccccc1F. The van der Waals surface area contributed by atoms with Gasteiger partial charge >= 0.3 is 7.82 Å². The van der Waals surface area contributed by atoms with Crippen LogP contribution in [0.25, 0.3) is 0 Å². The Morgan fingerprint density at radius 1 is 1.05 bits per heavy atom. The Balaban J connectivity index is 2.13. The highest BCUT2D eigenvalue weighted by atomic mass is 35.5.